The van der Waals surface area contributed by atoms with Gasteiger partial charge in [0, 0.05) is 11.3 Å². The summed E-state index contributed by atoms with van der Waals surface area (Å²) in [5.74, 6) is 5.65. The van der Waals surface area contributed by atoms with Crippen molar-refractivity contribution in [3.63, 3.8) is 0 Å². The van der Waals surface area contributed by atoms with Crippen molar-refractivity contribution >= 4 is 34.7 Å². The number of nitrogens with one attached hydrogen (secondary N) is 1. The molecule has 1 amide bonds. The number of rotatable bonds is 4. The third-order valence-corrected chi connectivity index (χ3v) is 4.43. The van der Waals surface area contributed by atoms with Crippen LogP contribution in [0.3, 0.4) is 0 Å². The summed E-state index contributed by atoms with van der Waals surface area (Å²) in [6.07, 6.45) is 2.42. The smallest absolute Gasteiger partial charge is 0.265 e. The van der Waals surface area contributed by atoms with Gasteiger partial charge < -0.3 is 10.4 Å². The minimum Gasteiger partial charge on any atom is -0.395 e. The van der Waals surface area contributed by atoms with Crippen LogP contribution in [0.25, 0.3) is 0 Å². The van der Waals surface area contributed by atoms with Crippen LogP contribution in [0.5, 0.6) is 0 Å². The van der Waals surface area contributed by atoms with Crippen molar-refractivity contribution in [1.82, 2.24) is 0 Å². The molecule has 0 radical (unpaired) electrons. The Kier molecular flexibility index (Phi) is 5.88. The first-order valence-electron chi connectivity index (χ1n) is 6.38. The van der Waals surface area contributed by atoms with Crippen molar-refractivity contribution in [3.8, 4) is 11.8 Å². The van der Waals surface area contributed by atoms with Crippen molar-refractivity contribution in [3.05, 3.63) is 46.2 Å². The Bertz CT molecular complexity index is 683. The van der Waals surface area contributed by atoms with E-state index in [-0.39, 0.29) is 12.5 Å². The Labute approximate surface area is 132 Å². The van der Waals surface area contributed by atoms with Gasteiger partial charge in [0.05, 0.1) is 22.0 Å². The fraction of sp³-hybridized carbons (Fsp3) is 0.188. The molecule has 1 heterocycles. The number of aliphatic hydroxyl groups excluding tert-OH is 1. The van der Waals surface area contributed by atoms with Crippen LogP contribution in [-0.2, 0) is 0 Å². The highest BCUT2D eigenvalue weighted by atomic mass is 32.2. The zero-order valence-electron chi connectivity index (χ0n) is 11.6. The first-order valence-corrected chi connectivity index (χ1v) is 8.42. The molecule has 2 aromatic rings. The molecule has 1 aromatic heterocycles. The molecule has 0 saturated carbocycles. The number of hydrogen-bond acceptors (Lipinski definition) is 4. The number of thioether (sulfide) groups is 1. The lowest BCUT2D eigenvalue weighted by Gasteiger charge is -2.07. The van der Waals surface area contributed by atoms with E-state index in [2.05, 4.69) is 17.2 Å². The second kappa shape index (κ2) is 7.89. The molecule has 3 nitrogen and oxygen atoms in total. The second-order valence-corrected chi connectivity index (χ2v) is 6.03. The van der Waals surface area contributed by atoms with Gasteiger partial charge in [0.1, 0.15) is 0 Å². The summed E-state index contributed by atoms with van der Waals surface area (Å²) >= 11 is 2.94. The normalized spacial score (nSPS) is 9.81. The SMILES string of the molecule is CSc1ccccc1NC(=O)c1ccc(C#CCCO)s1. The number of thiophene rings is 1. The molecule has 0 aliphatic carbocycles. The summed E-state index contributed by atoms with van der Waals surface area (Å²) in [5, 5.41) is 11.6. The average Bonchev–Trinajstić information content (AvgIpc) is 2.97. The Hall–Kier alpha value is -1.74. The van der Waals surface area contributed by atoms with Gasteiger partial charge in [-0.1, -0.05) is 24.0 Å². The van der Waals surface area contributed by atoms with Gasteiger partial charge in [-0.3, -0.25) is 4.79 Å². The van der Waals surface area contributed by atoms with Gasteiger partial charge in [-0.2, -0.15) is 0 Å². The van der Waals surface area contributed by atoms with Crippen molar-refractivity contribution in [2.24, 2.45) is 0 Å². The minimum absolute atomic E-state index is 0.0528. The van der Waals surface area contributed by atoms with Crippen molar-refractivity contribution in [2.45, 2.75) is 11.3 Å². The molecule has 0 fully saturated rings. The molecule has 0 aliphatic heterocycles. The van der Waals surface area contributed by atoms with Crippen molar-refractivity contribution in [2.75, 3.05) is 18.2 Å². The summed E-state index contributed by atoms with van der Waals surface area (Å²) < 4.78 is 0. The average molecular weight is 317 g/mol. The van der Waals surface area contributed by atoms with E-state index in [1.807, 2.05) is 36.6 Å². The molecule has 0 aliphatic rings. The Balaban J connectivity index is 2.09. The van der Waals surface area contributed by atoms with E-state index in [0.717, 1.165) is 15.5 Å². The molecule has 5 heteroatoms. The fourth-order valence-electron chi connectivity index (χ4n) is 1.66. The number of para-hydroxylation sites is 1. The third-order valence-electron chi connectivity index (χ3n) is 2.63. The van der Waals surface area contributed by atoms with E-state index in [1.54, 1.807) is 17.8 Å². The van der Waals surface area contributed by atoms with E-state index < -0.39 is 0 Å². The highest BCUT2D eigenvalue weighted by Gasteiger charge is 2.10. The topological polar surface area (TPSA) is 49.3 Å². The van der Waals surface area contributed by atoms with E-state index in [0.29, 0.717) is 11.3 Å². The van der Waals surface area contributed by atoms with E-state index in [1.165, 1.54) is 11.3 Å². The maximum atomic E-state index is 12.2. The zero-order valence-corrected chi connectivity index (χ0v) is 13.2. The second-order valence-electron chi connectivity index (χ2n) is 4.09. The molecular formula is C16H15NO2S2. The molecule has 0 unspecified atom stereocenters. The van der Waals surface area contributed by atoms with Gasteiger partial charge in [0.25, 0.3) is 5.91 Å². The van der Waals surface area contributed by atoms with Crippen LogP contribution in [0.1, 0.15) is 21.0 Å². The summed E-state index contributed by atoms with van der Waals surface area (Å²) in [6.45, 7) is 0.0528. The molecule has 2 rings (SSSR count). The van der Waals surface area contributed by atoms with Crippen LogP contribution in [0.4, 0.5) is 5.69 Å². The fourth-order valence-corrected chi connectivity index (χ4v) is 2.99. The summed E-state index contributed by atoms with van der Waals surface area (Å²) in [7, 11) is 0. The molecule has 0 spiro atoms. The predicted octanol–water partition coefficient (Wildman–Crippen LogP) is 3.46. The summed E-state index contributed by atoms with van der Waals surface area (Å²) in [4.78, 5) is 14.7. The predicted molar refractivity (Wildman–Crippen MR) is 89.1 cm³/mol. The first-order chi connectivity index (χ1) is 10.2. The number of carbonyl (C=O) groups excluding carboxylic acids is 1. The molecule has 1 aromatic carbocycles. The number of hydrogen-bond donors (Lipinski definition) is 2. The molecule has 0 bridgehead atoms. The molecule has 0 atom stereocenters. The third kappa shape index (κ3) is 4.36. The van der Waals surface area contributed by atoms with E-state index >= 15 is 0 Å². The Morgan fingerprint density at radius 2 is 2.14 bits per heavy atom. The summed E-state index contributed by atoms with van der Waals surface area (Å²) in [5.41, 5.74) is 0.816. The van der Waals surface area contributed by atoms with Crippen LogP contribution in [0.15, 0.2) is 41.3 Å². The van der Waals surface area contributed by atoms with Gasteiger partial charge in [0.2, 0.25) is 0 Å². The standard InChI is InChI=1S/C16H15NO2S2/c1-20-14-8-3-2-7-13(14)17-16(19)15-10-9-12(21-15)6-4-5-11-18/h2-3,7-10,18H,5,11H2,1H3,(H,17,19). The number of benzene rings is 1. The van der Waals surface area contributed by atoms with Gasteiger partial charge in [-0.05, 0) is 30.5 Å². The lowest BCUT2D eigenvalue weighted by atomic mass is 10.3. The number of aliphatic hydroxyl groups is 1. The lowest BCUT2D eigenvalue weighted by Crippen LogP contribution is -2.10. The lowest BCUT2D eigenvalue weighted by molar-refractivity contribution is 0.103. The maximum Gasteiger partial charge on any atom is 0.265 e. The molecule has 108 valence electrons. The number of amides is 1. The van der Waals surface area contributed by atoms with Crippen molar-refractivity contribution in [1.29, 1.82) is 0 Å². The maximum absolute atomic E-state index is 12.2. The molecule has 2 N–H and O–H groups in total. The van der Waals surface area contributed by atoms with Crippen LogP contribution in [0, 0.1) is 11.8 Å². The molecule has 0 saturated heterocycles. The monoisotopic (exact) mass is 317 g/mol. The number of anilines is 1. The number of carbonyl (C=O) groups is 1. The van der Waals surface area contributed by atoms with Crippen LogP contribution >= 0.6 is 23.1 Å². The molecular weight excluding hydrogens is 302 g/mol. The largest absolute Gasteiger partial charge is 0.395 e. The van der Waals surface area contributed by atoms with Crippen LogP contribution in [-0.4, -0.2) is 23.9 Å². The summed E-state index contributed by atoms with van der Waals surface area (Å²) in [6, 6.07) is 11.3. The van der Waals surface area contributed by atoms with Gasteiger partial charge >= 0.3 is 0 Å². The zero-order chi connectivity index (χ0) is 15.1. The van der Waals surface area contributed by atoms with Gasteiger partial charge in [0.15, 0.2) is 0 Å². The Morgan fingerprint density at radius 1 is 1.33 bits per heavy atom. The van der Waals surface area contributed by atoms with Crippen LogP contribution < -0.4 is 5.32 Å². The Morgan fingerprint density at radius 3 is 2.90 bits per heavy atom. The van der Waals surface area contributed by atoms with E-state index in [9.17, 15) is 4.79 Å². The van der Waals surface area contributed by atoms with E-state index in [4.69, 9.17) is 5.11 Å². The highest BCUT2D eigenvalue weighted by Crippen LogP contribution is 2.26. The van der Waals surface area contributed by atoms with Crippen molar-refractivity contribution < 1.29 is 9.90 Å². The molecule has 21 heavy (non-hydrogen) atoms. The van der Waals surface area contributed by atoms with Gasteiger partial charge in [-0.15, -0.1) is 23.1 Å². The van der Waals surface area contributed by atoms with Crippen LogP contribution in [0.2, 0.25) is 0 Å². The van der Waals surface area contributed by atoms with Gasteiger partial charge in [-0.25, -0.2) is 0 Å². The highest BCUT2D eigenvalue weighted by molar-refractivity contribution is 7.98. The quantitative estimate of drug-likeness (QED) is 0.671. The minimum atomic E-state index is -0.128. The first kappa shape index (κ1) is 15.6.